The molecule has 0 radical (unpaired) electrons. The minimum absolute atomic E-state index is 0.236. The number of nitrogens with zero attached hydrogens (tertiary/aromatic N) is 1. The van der Waals surface area contributed by atoms with Gasteiger partial charge in [-0.15, -0.1) is 11.3 Å². The van der Waals surface area contributed by atoms with Crippen molar-refractivity contribution in [3.63, 3.8) is 0 Å². The van der Waals surface area contributed by atoms with Gasteiger partial charge in [-0.3, -0.25) is 0 Å². The van der Waals surface area contributed by atoms with E-state index in [-0.39, 0.29) is 11.4 Å². The van der Waals surface area contributed by atoms with E-state index in [4.69, 9.17) is 9.47 Å². The van der Waals surface area contributed by atoms with Crippen LogP contribution in [-0.2, 0) is 16.4 Å². The second kappa shape index (κ2) is 9.04. The fourth-order valence-electron chi connectivity index (χ4n) is 2.53. The van der Waals surface area contributed by atoms with Gasteiger partial charge in [0.1, 0.15) is 5.01 Å². The van der Waals surface area contributed by atoms with Gasteiger partial charge in [-0.1, -0.05) is 15.9 Å². The molecule has 0 unspecified atom stereocenters. The first-order valence-corrected chi connectivity index (χ1v) is 11.5. The number of aromatic nitrogens is 1. The SMILES string of the molecule is COc1ccc(-c2nc(CCNS(=O)(=O)c3ccc(Br)cc3)cs2)cc1OC. The molecule has 3 rings (SSSR count). The van der Waals surface area contributed by atoms with Crippen molar-refractivity contribution in [2.24, 2.45) is 0 Å². The maximum Gasteiger partial charge on any atom is 0.240 e. The van der Waals surface area contributed by atoms with E-state index in [1.165, 1.54) is 11.3 Å². The fourth-order valence-corrected chi connectivity index (χ4v) is 4.68. The number of nitrogens with one attached hydrogen (secondary N) is 1. The molecule has 0 amide bonds. The van der Waals surface area contributed by atoms with Crippen LogP contribution >= 0.6 is 27.3 Å². The normalized spacial score (nSPS) is 11.4. The fraction of sp³-hybridized carbons (Fsp3) is 0.211. The van der Waals surface area contributed by atoms with Gasteiger partial charge >= 0.3 is 0 Å². The molecule has 6 nitrogen and oxygen atoms in total. The van der Waals surface area contributed by atoms with Crippen molar-refractivity contribution in [1.82, 2.24) is 9.71 Å². The van der Waals surface area contributed by atoms with E-state index in [1.807, 2.05) is 23.6 Å². The Morgan fingerprint density at radius 1 is 1.07 bits per heavy atom. The molecular formula is C19H19BrN2O4S2. The minimum atomic E-state index is -3.53. The maximum absolute atomic E-state index is 12.3. The first-order valence-electron chi connectivity index (χ1n) is 8.35. The van der Waals surface area contributed by atoms with Crippen molar-refractivity contribution >= 4 is 37.3 Å². The molecular weight excluding hydrogens is 464 g/mol. The van der Waals surface area contributed by atoms with Crippen LogP contribution in [0.5, 0.6) is 11.5 Å². The molecule has 3 aromatic rings. The van der Waals surface area contributed by atoms with E-state index < -0.39 is 10.0 Å². The Labute approximate surface area is 176 Å². The van der Waals surface area contributed by atoms with E-state index in [9.17, 15) is 8.42 Å². The summed E-state index contributed by atoms with van der Waals surface area (Å²) in [5.41, 5.74) is 1.75. The molecule has 0 fully saturated rings. The average molecular weight is 483 g/mol. The van der Waals surface area contributed by atoms with Crippen LogP contribution in [0.15, 0.2) is 57.2 Å². The van der Waals surface area contributed by atoms with Gasteiger partial charge < -0.3 is 9.47 Å². The smallest absolute Gasteiger partial charge is 0.240 e. The van der Waals surface area contributed by atoms with Crippen LogP contribution < -0.4 is 14.2 Å². The van der Waals surface area contributed by atoms with Gasteiger partial charge in [-0.05, 0) is 42.5 Å². The predicted octanol–water partition coefficient (Wildman–Crippen LogP) is 4.11. The zero-order valence-corrected chi connectivity index (χ0v) is 18.5. The summed E-state index contributed by atoms with van der Waals surface area (Å²) < 4.78 is 38.7. The summed E-state index contributed by atoms with van der Waals surface area (Å²) in [6, 6.07) is 12.1. The molecule has 28 heavy (non-hydrogen) atoms. The second-order valence-corrected chi connectivity index (χ2v) is 9.36. The number of ether oxygens (including phenoxy) is 2. The quantitative estimate of drug-likeness (QED) is 0.522. The number of hydrogen-bond donors (Lipinski definition) is 1. The van der Waals surface area contributed by atoms with Crippen LogP contribution in [0, 0.1) is 0 Å². The monoisotopic (exact) mass is 482 g/mol. The van der Waals surface area contributed by atoms with Gasteiger partial charge in [0, 0.05) is 28.4 Å². The number of sulfonamides is 1. The Morgan fingerprint density at radius 3 is 2.46 bits per heavy atom. The lowest BCUT2D eigenvalue weighted by Gasteiger charge is -2.08. The topological polar surface area (TPSA) is 77.5 Å². The van der Waals surface area contributed by atoms with Crippen LogP contribution in [0.3, 0.4) is 0 Å². The number of halogens is 1. The third-order valence-electron chi connectivity index (χ3n) is 3.98. The van der Waals surface area contributed by atoms with Crippen molar-refractivity contribution in [3.05, 3.63) is 58.0 Å². The average Bonchev–Trinajstić information content (AvgIpc) is 3.16. The molecule has 0 bridgehead atoms. The van der Waals surface area contributed by atoms with Crippen LogP contribution in [0.25, 0.3) is 10.6 Å². The molecule has 0 saturated carbocycles. The van der Waals surface area contributed by atoms with Crippen molar-refractivity contribution in [3.8, 4) is 22.1 Å². The molecule has 1 aromatic heterocycles. The molecule has 0 atom stereocenters. The van der Waals surface area contributed by atoms with Crippen LogP contribution in [-0.4, -0.2) is 34.2 Å². The van der Waals surface area contributed by atoms with Crippen LogP contribution in [0.2, 0.25) is 0 Å². The molecule has 0 saturated heterocycles. The Morgan fingerprint density at radius 2 is 1.79 bits per heavy atom. The van der Waals surface area contributed by atoms with Crippen molar-refractivity contribution in [2.45, 2.75) is 11.3 Å². The lowest BCUT2D eigenvalue weighted by Crippen LogP contribution is -2.26. The zero-order chi connectivity index (χ0) is 20.1. The highest BCUT2D eigenvalue weighted by molar-refractivity contribution is 9.10. The Hall–Kier alpha value is -1.94. The minimum Gasteiger partial charge on any atom is -0.493 e. The number of methoxy groups -OCH3 is 2. The third-order valence-corrected chi connectivity index (χ3v) is 6.93. The van der Waals surface area contributed by atoms with Crippen LogP contribution in [0.1, 0.15) is 5.69 Å². The van der Waals surface area contributed by atoms with Crippen molar-refractivity contribution in [2.75, 3.05) is 20.8 Å². The summed E-state index contributed by atoms with van der Waals surface area (Å²) in [5.74, 6) is 1.30. The lowest BCUT2D eigenvalue weighted by atomic mass is 10.2. The summed E-state index contributed by atoms with van der Waals surface area (Å²) in [7, 11) is -0.354. The van der Waals surface area contributed by atoms with E-state index in [2.05, 4.69) is 25.6 Å². The molecule has 9 heteroatoms. The summed E-state index contributed by atoms with van der Waals surface area (Å²) >= 11 is 4.80. The molecule has 0 aliphatic carbocycles. The van der Waals surface area contributed by atoms with Gasteiger partial charge in [0.2, 0.25) is 10.0 Å². The lowest BCUT2D eigenvalue weighted by molar-refractivity contribution is 0.355. The third kappa shape index (κ3) is 4.91. The number of hydrogen-bond acceptors (Lipinski definition) is 6. The molecule has 148 valence electrons. The molecule has 0 spiro atoms. The summed E-state index contributed by atoms with van der Waals surface area (Å²) in [4.78, 5) is 4.83. The highest BCUT2D eigenvalue weighted by Crippen LogP contribution is 2.33. The van der Waals surface area contributed by atoms with Crippen molar-refractivity contribution < 1.29 is 17.9 Å². The van der Waals surface area contributed by atoms with Gasteiger partial charge in [-0.25, -0.2) is 18.1 Å². The summed E-state index contributed by atoms with van der Waals surface area (Å²) in [6.45, 7) is 0.271. The molecule has 2 aromatic carbocycles. The van der Waals surface area contributed by atoms with E-state index in [0.717, 1.165) is 20.7 Å². The first kappa shape index (κ1) is 20.8. The second-order valence-electron chi connectivity index (χ2n) is 5.82. The predicted molar refractivity (Wildman–Crippen MR) is 114 cm³/mol. The van der Waals surface area contributed by atoms with Crippen molar-refractivity contribution in [1.29, 1.82) is 0 Å². The Bertz CT molecular complexity index is 1050. The number of rotatable bonds is 8. The molecule has 0 aliphatic heterocycles. The zero-order valence-electron chi connectivity index (χ0n) is 15.3. The number of thiazole rings is 1. The molecule has 1 N–H and O–H groups in total. The van der Waals surface area contributed by atoms with Gasteiger partial charge in [0.15, 0.2) is 11.5 Å². The van der Waals surface area contributed by atoms with Gasteiger partial charge in [0.05, 0.1) is 24.8 Å². The van der Waals surface area contributed by atoms with E-state index >= 15 is 0 Å². The molecule has 0 aliphatic rings. The first-order chi connectivity index (χ1) is 13.4. The highest BCUT2D eigenvalue weighted by Gasteiger charge is 2.14. The Balaban J connectivity index is 1.64. The van der Waals surface area contributed by atoms with Gasteiger partial charge in [-0.2, -0.15) is 0 Å². The standard InChI is InChI=1S/C19H19BrN2O4S2/c1-25-17-8-3-13(11-18(17)26-2)19-22-15(12-27-19)9-10-21-28(23,24)16-6-4-14(20)5-7-16/h3-8,11-12,21H,9-10H2,1-2H3. The maximum atomic E-state index is 12.3. The summed E-state index contributed by atoms with van der Waals surface area (Å²) in [5, 5.41) is 2.77. The number of benzene rings is 2. The summed E-state index contributed by atoms with van der Waals surface area (Å²) in [6.07, 6.45) is 0.500. The van der Waals surface area contributed by atoms with E-state index in [0.29, 0.717) is 17.9 Å². The molecule has 1 heterocycles. The Kier molecular flexibility index (Phi) is 6.71. The highest BCUT2D eigenvalue weighted by atomic mass is 79.9. The largest absolute Gasteiger partial charge is 0.493 e. The van der Waals surface area contributed by atoms with Crippen LogP contribution in [0.4, 0.5) is 0 Å². The van der Waals surface area contributed by atoms with E-state index in [1.54, 1.807) is 38.5 Å². The van der Waals surface area contributed by atoms with Gasteiger partial charge in [0.25, 0.3) is 0 Å².